The lowest BCUT2D eigenvalue weighted by molar-refractivity contribution is 0.0673. The molecule has 3 heterocycles. The molecule has 1 amide bonds. The van der Waals surface area contributed by atoms with E-state index in [1.165, 1.54) is 29.7 Å². The summed E-state index contributed by atoms with van der Waals surface area (Å²) in [6.07, 6.45) is 4.36. The highest BCUT2D eigenvalue weighted by molar-refractivity contribution is 5.92. The molecule has 2 fully saturated rings. The van der Waals surface area contributed by atoms with Gasteiger partial charge in [0.25, 0.3) is 11.5 Å². The zero-order valence-corrected chi connectivity index (χ0v) is 14.3. The van der Waals surface area contributed by atoms with E-state index in [0.29, 0.717) is 23.5 Å². The van der Waals surface area contributed by atoms with Crippen LogP contribution in [0.1, 0.15) is 36.2 Å². The molecule has 2 unspecified atom stereocenters. The summed E-state index contributed by atoms with van der Waals surface area (Å²) in [5, 5.41) is 7.90. The minimum atomic E-state index is -0.245. The van der Waals surface area contributed by atoms with Gasteiger partial charge >= 0.3 is 0 Å². The van der Waals surface area contributed by atoms with Gasteiger partial charge in [0.15, 0.2) is 0 Å². The monoisotopic (exact) mass is 338 g/mol. The number of rotatable bonds is 3. The molecule has 25 heavy (non-hydrogen) atoms. The third kappa shape index (κ3) is 3.09. The van der Waals surface area contributed by atoms with E-state index in [2.05, 4.69) is 10.4 Å². The predicted molar refractivity (Wildman–Crippen MR) is 94.9 cm³/mol. The molecule has 1 N–H and O–H groups in total. The lowest BCUT2D eigenvalue weighted by Crippen LogP contribution is -2.49. The predicted octanol–water partition coefficient (Wildman–Crippen LogP) is 1.59. The first kappa shape index (κ1) is 16.0. The molecule has 130 valence electrons. The highest BCUT2D eigenvalue weighted by Gasteiger charge is 2.36. The molecule has 0 aliphatic carbocycles. The molecule has 6 heteroatoms. The minimum Gasteiger partial charge on any atom is -0.337 e. The van der Waals surface area contributed by atoms with E-state index in [1.807, 2.05) is 25.2 Å². The van der Waals surface area contributed by atoms with Crippen molar-refractivity contribution in [3.05, 3.63) is 58.5 Å². The van der Waals surface area contributed by atoms with Crippen LogP contribution in [0.4, 0.5) is 0 Å². The number of fused-ring (bicyclic) bond motifs is 2. The molecule has 1 aromatic carbocycles. The van der Waals surface area contributed by atoms with Crippen molar-refractivity contribution in [3.63, 3.8) is 0 Å². The molecule has 1 aromatic heterocycles. The number of hydrogen-bond acceptors (Lipinski definition) is 4. The second kappa shape index (κ2) is 6.44. The van der Waals surface area contributed by atoms with Gasteiger partial charge in [0.05, 0.1) is 5.69 Å². The van der Waals surface area contributed by atoms with Gasteiger partial charge in [0, 0.05) is 31.2 Å². The van der Waals surface area contributed by atoms with E-state index in [1.54, 1.807) is 17.0 Å². The van der Waals surface area contributed by atoms with Crippen LogP contribution < -0.4 is 10.9 Å². The molecule has 2 aromatic rings. The van der Waals surface area contributed by atoms with Crippen molar-refractivity contribution in [3.8, 4) is 5.69 Å². The first-order valence-corrected chi connectivity index (χ1v) is 8.81. The average Bonchev–Trinajstić information content (AvgIpc) is 2.99. The number of amides is 1. The van der Waals surface area contributed by atoms with Gasteiger partial charge in [-0.15, -0.1) is 0 Å². The summed E-state index contributed by atoms with van der Waals surface area (Å²) in [5.41, 5.74) is 0.715. The van der Waals surface area contributed by atoms with Crippen LogP contribution in [0.15, 0.2) is 47.3 Å². The van der Waals surface area contributed by atoms with Crippen LogP contribution in [0.3, 0.4) is 0 Å². The Kier molecular flexibility index (Phi) is 4.13. The second-order valence-corrected chi connectivity index (χ2v) is 6.98. The standard InChI is InChI=1S/C19H22N4O2/c1-22(16-11-13-7-8-14(12-16)20-13)19(25)17-9-10-18(24)23(21-17)15-5-3-2-4-6-15/h2-6,9-10,13-14,16,20H,7-8,11-12H2,1H3. The Morgan fingerprint density at radius 3 is 2.48 bits per heavy atom. The third-order valence-electron chi connectivity index (χ3n) is 5.34. The molecule has 2 bridgehead atoms. The molecule has 0 spiro atoms. The summed E-state index contributed by atoms with van der Waals surface area (Å²) in [7, 11) is 1.84. The molecule has 0 saturated carbocycles. The Bertz CT molecular complexity index is 821. The van der Waals surface area contributed by atoms with Crippen molar-refractivity contribution in [1.82, 2.24) is 20.0 Å². The summed E-state index contributed by atoms with van der Waals surface area (Å²) in [6, 6.07) is 13.4. The SMILES string of the molecule is CN(C(=O)c1ccc(=O)n(-c2ccccc2)n1)C1CC2CCC(C1)N2. The Labute approximate surface area is 146 Å². The summed E-state index contributed by atoms with van der Waals surface area (Å²) in [5.74, 6) is -0.129. The van der Waals surface area contributed by atoms with E-state index >= 15 is 0 Å². The van der Waals surface area contributed by atoms with Gasteiger partial charge in [-0.2, -0.15) is 9.78 Å². The fourth-order valence-corrected chi connectivity index (χ4v) is 3.97. The fraction of sp³-hybridized carbons (Fsp3) is 0.421. The molecule has 6 nitrogen and oxygen atoms in total. The summed E-state index contributed by atoms with van der Waals surface area (Å²) in [6.45, 7) is 0. The van der Waals surface area contributed by atoms with E-state index in [4.69, 9.17) is 0 Å². The summed E-state index contributed by atoms with van der Waals surface area (Å²) in [4.78, 5) is 26.8. The van der Waals surface area contributed by atoms with Crippen LogP contribution in [-0.2, 0) is 0 Å². The molecule has 2 atom stereocenters. The largest absolute Gasteiger partial charge is 0.337 e. The zero-order chi connectivity index (χ0) is 17.4. The van der Waals surface area contributed by atoms with Crippen molar-refractivity contribution in [2.75, 3.05) is 7.05 Å². The van der Waals surface area contributed by atoms with Crippen molar-refractivity contribution >= 4 is 5.91 Å². The quantitative estimate of drug-likeness (QED) is 0.923. The van der Waals surface area contributed by atoms with Crippen molar-refractivity contribution < 1.29 is 4.79 Å². The van der Waals surface area contributed by atoms with Crippen molar-refractivity contribution in [2.24, 2.45) is 0 Å². The Morgan fingerprint density at radius 2 is 1.80 bits per heavy atom. The Morgan fingerprint density at radius 1 is 1.12 bits per heavy atom. The maximum atomic E-state index is 12.9. The van der Waals surface area contributed by atoms with E-state index in [-0.39, 0.29) is 17.5 Å². The van der Waals surface area contributed by atoms with Crippen LogP contribution in [0.25, 0.3) is 5.69 Å². The topological polar surface area (TPSA) is 67.2 Å². The number of aromatic nitrogens is 2. The Balaban J connectivity index is 1.59. The number of nitrogens with one attached hydrogen (secondary N) is 1. The first-order chi connectivity index (χ1) is 12.1. The molecule has 0 radical (unpaired) electrons. The van der Waals surface area contributed by atoms with E-state index in [9.17, 15) is 9.59 Å². The van der Waals surface area contributed by atoms with Crippen LogP contribution in [-0.4, -0.2) is 45.8 Å². The maximum Gasteiger partial charge on any atom is 0.274 e. The van der Waals surface area contributed by atoms with Crippen molar-refractivity contribution in [2.45, 2.75) is 43.8 Å². The maximum absolute atomic E-state index is 12.9. The van der Waals surface area contributed by atoms with Crippen LogP contribution in [0, 0.1) is 0 Å². The number of carbonyl (C=O) groups excluding carboxylic acids is 1. The van der Waals surface area contributed by atoms with Crippen LogP contribution in [0.2, 0.25) is 0 Å². The van der Waals surface area contributed by atoms with E-state index in [0.717, 1.165) is 12.8 Å². The molecule has 2 aliphatic rings. The lowest BCUT2D eigenvalue weighted by Gasteiger charge is -2.35. The first-order valence-electron chi connectivity index (χ1n) is 8.81. The molecular formula is C19H22N4O2. The smallest absolute Gasteiger partial charge is 0.274 e. The lowest BCUT2D eigenvalue weighted by atomic mass is 9.98. The summed E-state index contributed by atoms with van der Waals surface area (Å²) < 4.78 is 1.28. The van der Waals surface area contributed by atoms with Crippen molar-refractivity contribution in [1.29, 1.82) is 0 Å². The molecular weight excluding hydrogens is 316 g/mol. The van der Waals surface area contributed by atoms with Gasteiger partial charge in [0.1, 0.15) is 5.69 Å². The van der Waals surface area contributed by atoms with Gasteiger partial charge in [-0.1, -0.05) is 18.2 Å². The Hall–Kier alpha value is -2.47. The molecule has 2 aliphatic heterocycles. The van der Waals surface area contributed by atoms with Crippen LogP contribution in [0.5, 0.6) is 0 Å². The molecule has 2 saturated heterocycles. The van der Waals surface area contributed by atoms with Crippen LogP contribution >= 0.6 is 0 Å². The number of carbonyl (C=O) groups is 1. The van der Waals surface area contributed by atoms with Gasteiger partial charge < -0.3 is 10.2 Å². The average molecular weight is 338 g/mol. The number of nitrogens with zero attached hydrogens (tertiary/aromatic N) is 3. The van der Waals surface area contributed by atoms with Gasteiger partial charge in [-0.25, -0.2) is 0 Å². The third-order valence-corrected chi connectivity index (χ3v) is 5.34. The number of piperidine rings is 1. The van der Waals surface area contributed by atoms with Gasteiger partial charge in [-0.3, -0.25) is 9.59 Å². The molecule has 4 rings (SSSR count). The van der Waals surface area contributed by atoms with E-state index < -0.39 is 0 Å². The number of hydrogen-bond donors (Lipinski definition) is 1. The second-order valence-electron chi connectivity index (χ2n) is 6.98. The minimum absolute atomic E-state index is 0.129. The highest BCUT2D eigenvalue weighted by atomic mass is 16.2. The number of benzene rings is 1. The zero-order valence-electron chi connectivity index (χ0n) is 14.3. The van der Waals surface area contributed by atoms with Gasteiger partial charge in [-0.05, 0) is 43.9 Å². The highest BCUT2D eigenvalue weighted by Crippen LogP contribution is 2.29. The normalized spacial score (nSPS) is 24.9. The number of para-hydroxylation sites is 1. The fourth-order valence-electron chi connectivity index (χ4n) is 3.97. The van der Waals surface area contributed by atoms with Gasteiger partial charge in [0.2, 0.25) is 0 Å². The summed E-state index contributed by atoms with van der Waals surface area (Å²) >= 11 is 0.